The van der Waals surface area contributed by atoms with Gasteiger partial charge in [0.25, 0.3) is 0 Å². The minimum absolute atomic E-state index is 0. The molecule has 1 spiro atoms. The van der Waals surface area contributed by atoms with Crippen molar-refractivity contribution in [3.05, 3.63) is 16.1 Å². The van der Waals surface area contributed by atoms with Crippen LogP contribution in [0.1, 0.15) is 48.9 Å². The monoisotopic (exact) mass is 476 g/mol. The fourth-order valence-corrected chi connectivity index (χ4v) is 5.70. The van der Waals surface area contributed by atoms with Crippen LogP contribution in [0.5, 0.6) is 0 Å². The predicted molar refractivity (Wildman–Crippen MR) is 113 cm³/mol. The zero-order chi connectivity index (χ0) is 16.6. The molecule has 3 atom stereocenters. The van der Waals surface area contributed by atoms with Gasteiger partial charge in [0.15, 0.2) is 5.96 Å². The van der Waals surface area contributed by atoms with Crippen LogP contribution in [0, 0.1) is 18.3 Å². The number of rotatable bonds is 4. The predicted octanol–water partition coefficient (Wildman–Crippen LogP) is 3.47. The average molecular weight is 476 g/mol. The fourth-order valence-electron chi connectivity index (χ4n) is 4.99. The number of guanidine groups is 1. The van der Waals surface area contributed by atoms with Gasteiger partial charge in [-0.3, -0.25) is 0 Å². The van der Waals surface area contributed by atoms with Gasteiger partial charge >= 0.3 is 0 Å². The number of nitrogens with one attached hydrogen (secondary N) is 2. The molecule has 25 heavy (non-hydrogen) atoms. The van der Waals surface area contributed by atoms with Crippen LogP contribution in [0.2, 0.25) is 0 Å². The standard InChI is InChI=1S/C18H28N4OS.HI/c1-3-19-17(21-11-14-20-10-12(2)24-14)22-15-13-6-9-23-16(13)18(15)7-4-5-8-18;/h10,13,15-16H,3-9,11H2,1-2H3,(H2,19,21,22);1H. The lowest BCUT2D eigenvalue weighted by Crippen LogP contribution is -2.69. The largest absolute Gasteiger partial charge is 0.377 e. The Hall–Kier alpha value is -0.410. The highest BCUT2D eigenvalue weighted by Gasteiger charge is 2.65. The van der Waals surface area contributed by atoms with Crippen molar-refractivity contribution in [1.82, 2.24) is 15.6 Å². The maximum Gasteiger partial charge on any atom is 0.191 e. The Morgan fingerprint density at radius 1 is 1.44 bits per heavy atom. The van der Waals surface area contributed by atoms with Crippen LogP contribution in [0.25, 0.3) is 0 Å². The van der Waals surface area contributed by atoms with Crippen molar-refractivity contribution >= 4 is 41.3 Å². The number of hydrogen-bond acceptors (Lipinski definition) is 4. The van der Waals surface area contributed by atoms with Crippen LogP contribution in [-0.2, 0) is 11.3 Å². The summed E-state index contributed by atoms with van der Waals surface area (Å²) in [6, 6.07) is 0.517. The Kier molecular flexibility index (Phi) is 6.26. The first-order chi connectivity index (χ1) is 11.7. The summed E-state index contributed by atoms with van der Waals surface area (Å²) < 4.78 is 6.08. The number of ether oxygens (including phenoxy) is 1. The Bertz CT molecular complexity index is 614. The van der Waals surface area contributed by atoms with Gasteiger partial charge in [0.05, 0.1) is 12.6 Å². The van der Waals surface area contributed by atoms with Gasteiger partial charge in [-0.25, -0.2) is 9.98 Å². The van der Waals surface area contributed by atoms with Crippen LogP contribution in [0.4, 0.5) is 0 Å². The van der Waals surface area contributed by atoms with Gasteiger partial charge in [0.1, 0.15) is 5.01 Å². The topological polar surface area (TPSA) is 58.5 Å². The first-order valence-corrected chi connectivity index (χ1v) is 10.1. The average Bonchev–Trinajstić information content (AvgIpc) is 3.29. The molecule has 3 aliphatic rings. The Labute approximate surface area is 171 Å². The third-order valence-corrected chi connectivity index (χ3v) is 6.86. The second-order valence-electron chi connectivity index (χ2n) is 7.37. The van der Waals surface area contributed by atoms with Crippen LogP contribution in [0.15, 0.2) is 11.2 Å². The first-order valence-electron chi connectivity index (χ1n) is 9.31. The molecule has 2 saturated carbocycles. The molecule has 1 aromatic heterocycles. The molecule has 5 nitrogen and oxygen atoms in total. The molecule has 2 aliphatic carbocycles. The molecule has 1 aliphatic heterocycles. The van der Waals surface area contributed by atoms with Crippen LogP contribution < -0.4 is 10.6 Å². The van der Waals surface area contributed by atoms with Crippen molar-refractivity contribution in [2.75, 3.05) is 13.2 Å². The van der Waals surface area contributed by atoms with Gasteiger partial charge < -0.3 is 15.4 Å². The molecule has 0 amide bonds. The third kappa shape index (κ3) is 3.56. The van der Waals surface area contributed by atoms with Gasteiger partial charge in [0, 0.05) is 41.6 Å². The van der Waals surface area contributed by atoms with E-state index >= 15 is 0 Å². The zero-order valence-corrected chi connectivity index (χ0v) is 18.2. The van der Waals surface area contributed by atoms with Gasteiger partial charge in [0.2, 0.25) is 0 Å². The summed E-state index contributed by atoms with van der Waals surface area (Å²) >= 11 is 1.73. The van der Waals surface area contributed by atoms with E-state index in [1.807, 2.05) is 6.20 Å². The molecule has 4 rings (SSSR count). The summed E-state index contributed by atoms with van der Waals surface area (Å²) in [6.07, 6.45) is 8.90. The lowest BCUT2D eigenvalue weighted by atomic mass is 9.54. The summed E-state index contributed by atoms with van der Waals surface area (Å²) in [5, 5.41) is 8.27. The number of halogens is 1. The van der Waals surface area contributed by atoms with E-state index in [1.54, 1.807) is 11.3 Å². The lowest BCUT2D eigenvalue weighted by molar-refractivity contribution is -0.125. The molecule has 3 fully saturated rings. The molecule has 3 unspecified atom stereocenters. The second kappa shape index (κ2) is 8.08. The van der Waals surface area contributed by atoms with Gasteiger partial charge in [-0.1, -0.05) is 12.8 Å². The molecular weight excluding hydrogens is 447 g/mol. The van der Waals surface area contributed by atoms with Crippen LogP contribution in [0.3, 0.4) is 0 Å². The van der Waals surface area contributed by atoms with Crippen LogP contribution in [-0.4, -0.2) is 36.2 Å². The summed E-state index contributed by atoms with van der Waals surface area (Å²) in [4.78, 5) is 10.5. The van der Waals surface area contributed by atoms with Crippen molar-refractivity contribution in [3.63, 3.8) is 0 Å². The van der Waals surface area contributed by atoms with E-state index in [4.69, 9.17) is 9.73 Å². The van der Waals surface area contributed by atoms with E-state index in [1.165, 1.54) is 37.0 Å². The molecule has 0 aromatic carbocycles. The van der Waals surface area contributed by atoms with Gasteiger partial charge in [-0.15, -0.1) is 35.3 Å². The van der Waals surface area contributed by atoms with Crippen molar-refractivity contribution in [3.8, 4) is 0 Å². The normalized spacial score (nSPS) is 29.8. The highest BCUT2D eigenvalue weighted by Crippen LogP contribution is 2.60. The van der Waals surface area contributed by atoms with Crippen molar-refractivity contribution < 1.29 is 4.74 Å². The van der Waals surface area contributed by atoms with E-state index < -0.39 is 0 Å². The zero-order valence-electron chi connectivity index (χ0n) is 15.1. The number of fused-ring (bicyclic) bond motifs is 2. The highest BCUT2D eigenvalue weighted by molar-refractivity contribution is 14.0. The SMILES string of the molecule is CCNC(=NCc1ncc(C)s1)NC1C2CCOC2C12CCCC2.I. The first kappa shape index (κ1) is 19.4. The van der Waals surface area contributed by atoms with Crippen molar-refractivity contribution in [1.29, 1.82) is 0 Å². The van der Waals surface area contributed by atoms with Crippen LogP contribution >= 0.6 is 35.3 Å². The van der Waals surface area contributed by atoms with E-state index in [-0.39, 0.29) is 24.0 Å². The molecule has 2 N–H and O–H groups in total. The number of aromatic nitrogens is 1. The molecule has 1 saturated heterocycles. The number of aryl methyl sites for hydroxylation is 1. The summed E-state index contributed by atoms with van der Waals surface area (Å²) in [6.45, 7) is 6.68. The Morgan fingerprint density at radius 3 is 2.92 bits per heavy atom. The van der Waals surface area contributed by atoms with Gasteiger partial charge in [-0.2, -0.15) is 0 Å². The van der Waals surface area contributed by atoms with Gasteiger partial charge in [-0.05, 0) is 33.1 Å². The summed E-state index contributed by atoms with van der Waals surface area (Å²) in [5.74, 6) is 1.60. The lowest BCUT2D eigenvalue weighted by Gasteiger charge is -2.57. The number of nitrogens with zero attached hydrogens (tertiary/aromatic N) is 2. The Balaban J connectivity index is 0.00000182. The molecule has 7 heteroatoms. The third-order valence-electron chi connectivity index (χ3n) is 5.96. The van der Waals surface area contributed by atoms with Crippen molar-refractivity contribution in [2.45, 2.75) is 64.6 Å². The Morgan fingerprint density at radius 2 is 2.24 bits per heavy atom. The molecule has 0 bridgehead atoms. The fraction of sp³-hybridized carbons (Fsp3) is 0.778. The molecule has 1 aromatic rings. The minimum Gasteiger partial charge on any atom is -0.377 e. The summed E-state index contributed by atoms with van der Waals surface area (Å²) in [5.41, 5.74) is 0.356. The second-order valence-corrected chi connectivity index (χ2v) is 8.69. The molecule has 0 radical (unpaired) electrons. The number of aliphatic imine (C=N–C) groups is 1. The summed E-state index contributed by atoms with van der Waals surface area (Å²) in [7, 11) is 0. The van der Waals surface area contributed by atoms with E-state index in [9.17, 15) is 0 Å². The highest BCUT2D eigenvalue weighted by atomic mass is 127. The maximum atomic E-state index is 6.08. The number of hydrogen-bond donors (Lipinski definition) is 2. The smallest absolute Gasteiger partial charge is 0.191 e. The molecule has 140 valence electrons. The van der Waals surface area contributed by atoms with E-state index in [0.29, 0.717) is 30.0 Å². The van der Waals surface area contributed by atoms with Crippen molar-refractivity contribution in [2.24, 2.45) is 16.3 Å². The molecular formula is C18H29IN4OS. The van der Waals surface area contributed by atoms with E-state index in [2.05, 4.69) is 29.5 Å². The minimum atomic E-state index is 0. The number of thiazole rings is 1. The molecule has 2 heterocycles. The maximum absolute atomic E-state index is 6.08. The van der Waals surface area contributed by atoms with E-state index in [0.717, 1.165) is 24.1 Å². The quantitative estimate of drug-likeness (QED) is 0.397.